The first-order valence-corrected chi connectivity index (χ1v) is 7.84. The van der Waals surface area contributed by atoms with E-state index in [1.54, 1.807) is 0 Å². The number of rotatable bonds is 7. The summed E-state index contributed by atoms with van der Waals surface area (Å²) in [6, 6.07) is 0.544. The molecular weight excluding hydrogens is 252 g/mol. The Kier molecular flexibility index (Phi) is 5.40. The van der Waals surface area contributed by atoms with Crippen molar-refractivity contribution in [3.8, 4) is 0 Å². The summed E-state index contributed by atoms with van der Waals surface area (Å²) >= 11 is 0. The largest absolute Gasteiger partial charge is 0.407 e. The van der Waals surface area contributed by atoms with Crippen molar-refractivity contribution in [3.63, 3.8) is 0 Å². The zero-order valence-corrected chi connectivity index (χ0v) is 13.0. The summed E-state index contributed by atoms with van der Waals surface area (Å²) in [7, 11) is 0. The quantitative estimate of drug-likeness (QED) is 0.750. The molecule has 1 aliphatic carbocycles. The van der Waals surface area contributed by atoms with Crippen LogP contribution in [0.3, 0.4) is 0 Å². The Bertz CT molecular complexity index is 391. The number of aromatic nitrogens is 2. The second kappa shape index (κ2) is 7.07. The van der Waals surface area contributed by atoms with Gasteiger partial charge in [0, 0.05) is 12.1 Å². The third-order valence-electron chi connectivity index (χ3n) is 3.78. The highest BCUT2D eigenvalue weighted by molar-refractivity contribution is 5.16. The topological polar surface area (TPSA) is 63.0 Å². The first kappa shape index (κ1) is 15.3. The van der Waals surface area contributed by atoms with Gasteiger partial charge in [-0.05, 0) is 39.5 Å². The van der Waals surface area contributed by atoms with Gasteiger partial charge in [0.25, 0.3) is 0 Å². The Hall–Kier alpha value is -1.10. The van der Waals surface area contributed by atoms with Gasteiger partial charge in [-0.25, -0.2) is 0 Å². The minimum Gasteiger partial charge on any atom is -0.407 e. The molecule has 0 spiro atoms. The molecule has 1 heterocycles. The predicted molar refractivity (Wildman–Crippen MR) is 80.6 cm³/mol. The van der Waals surface area contributed by atoms with Gasteiger partial charge in [-0.3, -0.25) is 0 Å². The van der Waals surface area contributed by atoms with E-state index >= 15 is 0 Å². The summed E-state index contributed by atoms with van der Waals surface area (Å²) in [4.78, 5) is 0. The second-order valence-electron chi connectivity index (χ2n) is 6.82. The van der Waals surface area contributed by atoms with Crippen molar-refractivity contribution in [2.75, 3.05) is 11.9 Å². The normalized spacial score (nSPS) is 16.8. The molecule has 20 heavy (non-hydrogen) atoms. The number of hydrogen-bond donors (Lipinski definition) is 2. The summed E-state index contributed by atoms with van der Waals surface area (Å²) < 4.78 is 5.56. The third kappa shape index (κ3) is 5.49. The lowest BCUT2D eigenvalue weighted by atomic mass is 10.0. The van der Waals surface area contributed by atoms with E-state index in [0.717, 1.165) is 12.5 Å². The number of nitrogens with zero attached hydrogens (tertiary/aromatic N) is 2. The molecule has 0 unspecified atom stereocenters. The maximum Gasteiger partial charge on any atom is 0.315 e. The van der Waals surface area contributed by atoms with Gasteiger partial charge in [0.05, 0.1) is 6.54 Å². The van der Waals surface area contributed by atoms with Crippen molar-refractivity contribution in [2.45, 2.75) is 71.4 Å². The molecule has 2 rings (SSSR count). The van der Waals surface area contributed by atoms with Crippen molar-refractivity contribution in [3.05, 3.63) is 5.89 Å². The van der Waals surface area contributed by atoms with Crippen LogP contribution in [0.4, 0.5) is 6.01 Å². The van der Waals surface area contributed by atoms with Gasteiger partial charge in [0.2, 0.25) is 5.89 Å². The first-order valence-electron chi connectivity index (χ1n) is 7.84. The molecule has 0 radical (unpaired) electrons. The molecule has 0 bridgehead atoms. The molecule has 1 aliphatic rings. The molecule has 114 valence electrons. The van der Waals surface area contributed by atoms with Crippen LogP contribution in [0, 0.1) is 5.92 Å². The highest BCUT2D eigenvalue weighted by Gasteiger charge is 2.14. The van der Waals surface area contributed by atoms with Crippen molar-refractivity contribution in [2.24, 2.45) is 5.92 Å². The SMILES string of the molecule is CC(C)(C)NCc1nnc(NCCCC2CCCC2)o1. The molecule has 1 aromatic rings. The highest BCUT2D eigenvalue weighted by Crippen LogP contribution is 2.28. The zero-order valence-electron chi connectivity index (χ0n) is 13.0. The third-order valence-corrected chi connectivity index (χ3v) is 3.78. The van der Waals surface area contributed by atoms with E-state index in [2.05, 4.69) is 41.6 Å². The van der Waals surface area contributed by atoms with Gasteiger partial charge in [0.1, 0.15) is 0 Å². The summed E-state index contributed by atoms with van der Waals surface area (Å²) in [6.07, 6.45) is 8.19. The van der Waals surface area contributed by atoms with Crippen LogP contribution >= 0.6 is 0 Å². The van der Waals surface area contributed by atoms with Crippen LogP contribution < -0.4 is 10.6 Å². The van der Waals surface area contributed by atoms with Crippen LogP contribution in [0.15, 0.2) is 4.42 Å². The summed E-state index contributed by atoms with van der Waals surface area (Å²) in [5.41, 5.74) is 0.0589. The van der Waals surface area contributed by atoms with Gasteiger partial charge in [-0.15, -0.1) is 5.10 Å². The smallest absolute Gasteiger partial charge is 0.315 e. The molecule has 2 N–H and O–H groups in total. The lowest BCUT2D eigenvalue weighted by Crippen LogP contribution is -2.35. The van der Waals surface area contributed by atoms with E-state index < -0.39 is 0 Å². The van der Waals surface area contributed by atoms with Gasteiger partial charge < -0.3 is 15.1 Å². The Morgan fingerprint density at radius 1 is 1.20 bits per heavy atom. The van der Waals surface area contributed by atoms with E-state index in [1.165, 1.54) is 38.5 Å². The summed E-state index contributed by atoms with van der Waals surface area (Å²) in [5, 5.41) is 14.6. The molecule has 0 amide bonds. The molecule has 1 saturated carbocycles. The van der Waals surface area contributed by atoms with E-state index in [1.807, 2.05) is 0 Å². The fourth-order valence-corrected chi connectivity index (χ4v) is 2.62. The van der Waals surface area contributed by atoms with Gasteiger partial charge in [-0.2, -0.15) is 0 Å². The number of hydrogen-bond acceptors (Lipinski definition) is 5. The van der Waals surface area contributed by atoms with Crippen LogP contribution in [0.5, 0.6) is 0 Å². The monoisotopic (exact) mass is 280 g/mol. The van der Waals surface area contributed by atoms with Crippen molar-refractivity contribution >= 4 is 6.01 Å². The average Bonchev–Trinajstić information content (AvgIpc) is 3.03. The summed E-state index contributed by atoms with van der Waals surface area (Å²) in [6.45, 7) is 7.88. The molecule has 0 aliphatic heterocycles. The van der Waals surface area contributed by atoms with Crippen molar-refractivity contribution in [1.82, 2.24) is 15.5 Å². The summed E-state index contributed by atoms with van der Waals surface area (Å²) in [5.74, 6) is 1.59. The van der Waals surface area contributed by atoms with Crippen LogP contribution in [0.1, 0.15) is 65.2 Å². The molecule has 5 nitrogen and oxygen atoms in total. The van der Waals surface area contributed by atoms with E-state index in [0.29, 0.717) is 18.5 Å². The van der Waals surface area contributed by atoms with Crippen LogP contribution in [-0.4, -0.2) is 22.3 Å². The minimum atomic E-state index is 0.0589. The maximum atomic E-state index is 5.56. The van der Waals surface area contributed by atoms with Crippen LogP contribution in [0.25, 0.3) is 0 Å². The second-order valence-corrected chi connectivity index (χ2v) is 6.82. The molecule has 5 heteroatoms. The van der Waals surface area contributed by atoms with Gasteiger partial charge in [0.15, 0.2) is 0 Å². The molecule has 0 saturated heterocycles. The zero-order chi connectivity index (χ0) is 14.4. The predicted octanol–water partition coefficient (Wildman–Crippen LogP) is 3.34. The minimum absolute atomic E-state index is 0.0589. The van der Waals surface area contributed by atoms with Crippen LogP contribution in [-0.2, 0) is 6.54 Å². The Morgan fingerprint density at radius 2 is 1.95 bits per heavy atom. The molecule has 1 fully saturated rings. The Balaban J connectivity index is 1.62. The standard InChI is InChI=1S/C15H28N4O/c1-15(2,3)17-11-13-18-19-14(20-13)16-10-6-9-12-7-4-5-8-12/h12,17H,4-11H2,1-3H3,(H,16,19). The fourth-order valence-electron chi connectivity index (χ4n) is 2.62. The fraction of sp³-hybridized carbons (Fsp3) is 0.867. The Labute approximate surface area is 121 Å². The lowest BCUT2D eigenvalue weighted by molar-refractivity contribution is 0.383. The molecule has 1 aromatic heterocycles. The lowest BCUT2D eigenvalue weighted by Gasteiger charge is -2.18. The average molecular weight is 280 g/mol. The Morgan fingerprint density at radius 3 is 2.65 bits per heavy atom. The van der Waals surface area contributed by atoms with Gasteiger partial charge >= 0.3 is 6.01 Å². The van der Waals surface area contributed by atoms with Gasteiger partial charge in [-0.1, -0.05) is 30.8 Å². The van der Waals surface area contributed by atoms with E-state index in [9.17, 15) is 0 Å². The van der Waals surface area contributed by atoms with Crippen molar-refractivity contribution in [1.29, 1.82) is 0 Å². The van der Waals surface area contributed by atoms with Crippen molar-refractivity contribution < 1.29 is 4.42 Å². The first-order chi connectivity index (χ1) is 9.53. The molecule has 0 aromatic carbocycles. The maximum absolute atomic E-state index is 5.56. The van der Waals surface area contributed by atoms with Crippen LogP contribution in [0.2, 0.25) is 0 Å². The number of nitrogens with one attached hydrogen (secondary N) is 2. The molecular formula is C15H28N4O. The van der Waals surface area contributed by atoms with E-state index in [-0.39, 0.29) is 5.54 Å². The number of anilines is 1. The molecule has 0 atom stereocenters. The highest BCUT2D eigenvalue weighted by atomic mass is 16.4. The van der Waals surface area contributed by atoms with E-state index in [4.69, 9.17) is 4.42 Å².